The zero-order valence-corrected chi connectivity index (χ0v) is 39.8. The van der Waals surface area contributed by atoms with Crippen LogP contribution in [0.25, 0.3) is 4.85 Å². The van der Waals surface area contributed by atoms with Gasteiger partial charge in [-0.2, -0.15) is 10.4 Å². The zero-order valence-electron chi connectivity index (χ0n) is 36.5. The fraction of sp³-hybridized carbons (Fsp3) is 0.775. The number of aliphatic hydroxyl groups excluding tert-OH is 2. The van der Waals surface area contributed by atoms with Crippen molar-refractivity contribution in [1.29, 1.82) is 5.26 Å². The van der Waals surface area contributed by atoms with Crippen molar-refractivity contribution in [3.8, 4) is 6.07 Å². The molecule has 0 aliphatic rings. The van der Waals surface area contributed by atoms with Crippen LogP contribution in [0.15, 0.2) is 22.9 Å². The van der Waals surface area contributed by atoms with Crippen molar-refractivity contribution < 1.29 is 29.3 Å². The predicted molar refractivity (Wildman–Crippen MR) is 243 cm³/mol. The number of esters is 1. The van der Waals surface area contributed by atoms with Gasteiger partial charge >= 0.3 is 11.6 Å². The molecule has 0 aromatic rings. The third-order valence-electron chi connectivity index (χ3n) is 8.28. The number of aliphatic hydroxyl groups is 2. The topological polar surface area (TPSA) is 160 Å². The number of carbonyl (C=O) groups excluding carboxylic acids is 3. The lowest BCUT2D eigenvalue weighted by Crippen LogP contribution is -2.35. The molecule has 16 heteroatoms. The molecule has 56 heavy (non-hydrogen) atoms. The minimum Gasteiger partial charge on any atom is -0.463 e. The van der Waals surface area contributed by atoms with Gasteiger partial charge in [0.05, 0.1) is 24.0 Å². The Kier molecular flexibility index (Phi) is 36.0. The molecule has 0 aliphatic carbocycles. The van der Waals surface area contributed by atoms with Gasteiger partial charge in [-0.3, -0.25) is 14.4 Å². The van der Waals surface area contributed by atoms with E-state index in [2.05, 4.69) is 51.2 Å². The van der Waals surface area contributed by atoms with Gasteiger partial charge in [-0.25, -0.2) is 11.4 Å². The second kappa shape index (κ2) is 33.5. The number of hydrogen-bond acceptors (Lipinski definition) is 13. The number of hydrogen-bond donors (Lipinski definition) is 2. The highest BCUT2D eigenvalue weighted by Crippen LogP contribution is 2.29. The van der Waals surface area contributed by atoms with Gasteiger partial charge in [-0.1, -0.05) is 95.6 Å². The van der Waals surface area contributed by atoms with Gasteiger partial charge < -0.3 is 24.7 Å². The van der Waals surface area contributed by atoms with Crippen LogP contribution in [-0.2, 0) is 19.1 Å². The van der Waals surface area contributed by atoms with E-state index < -0.39 is 21.4 Å². The molecule has 0 amide bonds. The molecular weight excluding hydrogens is 789 g/mol. The lowest BCUT2D eigenvalue weighted by Gasteiger charge is -2.28. The van der Waals surface area contributed by atoms with Crippen LogP contribution < -0.4 is 0 Å². The Morgan fingerprint density at radius 3 is 1.71 bits per heavy atom. The molecule has 0 spiro atoms. The number of thioether (sulfide) groups is 2. The lowest BCUT2D eigenvalue weighted by atomic mass is 9.89. The first kappa shape index (κ1) is 60.2. The molecule has 12 nitrogen and oxygen atoms in total. The average Bonchev–Trinajstić information content (AvgIpc) is 3.17. The van der Waals surface area contributed by atoms with E-state index in [1.54, 1.807) is 25.6 Å². The molecular formula is C40H72N6O6S4. The molecule has 0 bridgehead atoms. The molecule has 0 aromatic carbocycles. The maximum Gasteiger partial charge on any atom is 0.337 e. The highest BCUT2D eigenvalue weighted by Gasteiger charge is 2.31. The van der Waals surface area contributed by atoms with Crippen molar-refractivity contribution in [3.63, 3.8) is 0 Å². The van der Waals surface area contributed by atoms with E-state index in [-0.39, 0.29) is 43.6 Å². The van der Waals surface area contributed by atoms with E-state index in [1.807, 2.05) is 67.2 Å². The summed E-state index contributed by atoms with van der Waals surface area (Å²) in [4.78, 5) is 41.4. The average molecular weight is 861 g/mol. The first-order chi connectivity index (χ1) is 26.0. The fourth-order valence-corrected chi connectivity index (χ4v) is 6.94. The summed E-state index contributed by atoms with van der Waals surface area (Å²) in [7, 11) is 0. The van der Waals surface area contributed by atoms with Crippen molar-refractivity contribution in [2.75, 3.05) is 51.8 Å². The van der Waals surface area contributed by atoms with Crippen LogP contribution in [0.2, 0.25) is 0 Å². The quantitative estimate of drug-likeness (QED) is 0.0281. The molecule has 0 saturated carbocycles. The summed E-state index contributed by atoms with van der Waals surface area (Å²) in [6.07, 6.45) is 4.78. The van der Waals surface area contributed by atoms with Crippen molar-refractivity contribution in [3.05, 3.63) is 24.1 Å². The van der Waals surface area contributed by atoms with Gasteiger partial charge in [-0.15, -0.1) is 5.11 Å². The van der Waals surface area contributed by atoms with Crippen LogP contribution in [0.3, 0.4) is 0 Å². The highest BCUT2D eigenvalue weighted by molar-refractivity contribution is 8.24. The molecule has 0 radical (unpaired) electrons. The third kappa shape index (κ3) is 28.0. The van der Waals surface area contributed by atoms with Gasteiger partial charge in [0.2, 0.25) is 0 Å². The summed E-state index contributed by atoms with van der Waals surface area (Å²) in [5, 5.41) is 34.3. The molecule has 2 N–H and O–H groups in total. The maximum atomic E-state index is 11.8. The first-order valence-electron chi connectivity index (χ1n) is 19.2. The number of nitriles is 1. The van der Waals surface area contributed by atoms with Crippen LogP contribution in [-0.4, -0.2) is 114 Å². The van der Waals surface area contributed by atoms with Gasteiger partial charge in [0.15, 0.2) is 11.3 Å². The molecule has 0 heterocycles. The SMILES string of the molecule is C=CC(=O)OCCCC.CCN(CC)C(=S)SC(C)(C)C(=O)CCO.CCN(CC)C(=S)SCC(C)(C)C(=O)CCO.[C-]#[N+]C(C)(CC)N=NC(C)(C#N)CC. The van der Waals surface area contributed by atoms with Crippen LogP contribution in [0.4, 0.5) is 0 Å². The summed E-state index contributed by atoms with van der Waals surface area (Å²) in [6.45, 7) is 39.0. The Labute approximate surface area is 358 Å². The van der Waals surface area contributed by atoms with E-state index >= 15 is 0 Å². The number of rotatable bonds is 21. The lowest BCUT2D eigenvalue weighted by molar-refractivity contribution is -0.137. The number of ether oxygens (including phenoxy) is 1. The van der Waals surface area contributed by atoms with Crippen LogP contribution in [0, 0.1) is 23.3 Å². The number of Topliss-reactive ketones (excluding diaryl/α,β-unsaturated/α-hetero) is 2. The predicted octanol–water partition coefficient (Wildman–Crippen LogP) is 9.09. The smallest absolute Gasteiger partial charge is 0.337 e. The van der Waals surface area contributed by atoms with Gasteiger partial charge in [0.25, 0.3) is 0 Å². The maximum absolute atomic E-state index is 11.8. The van der Waals surface area contributed by atoms with E-state index in [1.165, 1.54) is 17.8 Å². The van der Waals surface area contributed by atoms with E-state index in [4.69, 9.17) is 46.5 Å². The van der Waals surface area contributed by atoms with Crippen molar-refractivity contribution in [2.24, 2.45) is 15.6 Å². The van der Waals surface area contributed by atoms with Crippen molar-refractivity contribution in [2.45, 2.75) is 144 Å². The summed E-state index contributed by atoms with van der Waals surface area (Å²) >= 11 is 13.6. The molecule has 0 aliphatic heterocycles. The van der Waals surface area contributed by atoms with Gasteiger partial charge in [0, 0.05) is 76.2 Å². The minimum atomic E-state index is -0.812. The second-order valence-corrected chi connectivity index (χ2v) is 17.7. The van der Waals surface area contributed by atoms with Crippen LogP contribution in [0.5, 0.6) is 0 Å². The number of ketones is 2. The second-order valence-electron chi connectivity index (χ2n) is 13.8. The standard InChI is InChI=1S/C12H23NO2S2.C11H21NO2S2.C10H16N4.C7H12O2/c1-5-13(6-2)11(16)17-9-12(3,4)10(15)7-8-14;1-5-12(6-2)10(15)16-11(3,4)9(14)7-8-13;1-6-9(3,8-11)13-14-10(4,7-2)12-5;1-3-5-6-9-7(8)4-2/h14H,5-9H2,1-4H3;13H,5-8H2,1-4H3;6-7H2,1-4H3;4H,2-3,5-6H2,1H3. The zero-order chi connectivity index (χ0) is 44.6. The Morgan fingerprint density at radius 1 is 0.857 bits per heavy atom. The number of nitrogens with zero attached hydrogens (tertiary/aromatic N) is 6. The molecule has 0 saturated heterocycles. The van der Waals surface area contributed by atoms with E-state index in [9.17, 15) is 14.4 Å². The highest BCUT2D eigenvalue weighted by atomic mass is 32.2. The molecule has 0 aromatic heterocycles. The minimum absolute atomic E-state index is 0.0366. The molecule has 2 atom stereocenters. The van der Waals surface area contributed by atoms with Crippen molar-refractivity contribution in [1.82, 2.24) is 9.80 Å². The Balaban J connectivity index is -0.000000329. The first-order valence-corrected chi connectivity index (χ1v) is 21.9. The Morgan fingerprint density at radius 2 is 1.34 bits per heavy atom. The summed E-state index contributed by atoms with van der Waals surface area (Å²) < 4.78 is 5.72. The number of azo groups is 1. The van der Waals surface area contributed by atoms with Gasteiger partial charge in [-0.05, 0) is 61.3 Å². The van der Waals surface area contributed by atoms with Crippen molar-refractivity contribution >= 4 is 74.1 Å². The molecule has 2 unspecified atom stereocenters. The summed E-state index contributed by atoms with van der Waals surface area (Å²) in [5.74, 6) is 0.467. The monoisotopic (exact) mass is 860 g/mol. The van der Waals surface area contributed by atoms with E-state index in [0.717, 1.165) is 47.7 Å². The largest absolute Gasteiger partial charge is 0.463 e. The normalized spacial score (nSPS) is 12.9. The molecule has 0 rings (SSSR count). The summed E-state index contributed by atoms with van der Waals surface area (Å²) in [6, 6.07) is 2.09. The Bertz CT molecular complexity index is 1260. The summed E-state index contributed by atoms with van der Waals surface area (Å²) in [5.41, 5.74) is -2.03. The molecule has 0 fully saturated rings. The van der Waals surface area contributed by atoms with Crippen LogP contribution in [0.1, 0.15) is 129 Å². The molecule has 322 valence electrons. The van der Waals surface area contributed by atoms with Crippen LogP contribution >= 0.6 is 48.0 Å². The van der Waals surface area contributed by atoms with Gasteiger partial charge in [0.1, 0.15) is 14.4 Å². The van der Waals surface area contributed by atoms with E-state index in [0.29, 0.717) is 25.2 Å². The number of thiocarbonyl (C=S) groups is 2. The number of carbonyl (C=O) groups is 3. The Hall–Kier alpha value is -2.47. The fourth-order valence-electron chi connectivity index (χ4n) is 3.50. The number of unbranched alkanes of at least 4 members (excludes halogenated alkanes) is 1. The third-order valence-corrected chi connectivity index (χ3v) is 11.9.